The zero-order valence-corrected chi connectivity index (χ0v) is 45.5. The summed E-state index contributed by atoms with van der Waals surface area (Å²) in [6.07, 6.45) is 0. The van der Waals surface area contributed by atoms with Crippen molar-refractivity contribution in [3.8, 4) is 16.8 Å². The minimum absolute atomic E-state index is 0.0159. The zero-order chi connectivity index (χ0) is 50.4. The highest BCUT2D eigenvalue weighted by atomic mass is 15.2. The molecule has 2 aliphatic heterocycles. The highest BCUT2D eigenvalue weighted by Gasteiger charge is 2.54. The van der Waals surface area contributed by atoms with E-state index in [1.807, 2.05) is 0 Å². The molecule has 9 aromatic rings. The molecule has 0 saturated heterocycles. The molecule has 2 aromatic heterocycles. The molecule has 3 nitrogen and oxygen atoms in total. The van der Waals surface area contributed by atoms with Crippen molar-refractivity contribution in [3.63, 3.8) is 0 Å². The first-order chi connectivity index (χ1) is 33.2. The molecule has 1 aliphatic carbocycles. The maximum atomic E-state index is 2.83. The normalized spacial score (nSPS) is 15.7. The molecule has 0 radical (unpaired) electrons. The molecule has 0 amide bonds. The Bertz CT molecular complexity index is 3780. The van der Waals surface area contributed by atoms with Crippen LogP contribution in [-0.4, -0.2) is 15.9 Å². The second-order valence-corrected chi connectivity index (χ2v) is 27.2. The summed E-state index contributed by atoms with van der Waals surface area (Å²) >= 11 is 0. The van der Waals surface area contributed by atoms with Crippen molar-refractivity contribution >= 4 is 73.0 Å². The molecule has 12 rings (SSSR count). The van der Waals surface area contributed by atoms with Crippen LogP contribution < -0.4 is 10.4 Å². The minimum atomic E-state index is -0.300. The van der Waals surface area contributed by atoms with E-state index in [1.54, 1.807) is 0 Å². The third-order valence-electron chi connectivity index (χ3n) is 16.9. The Balaban J connectivity index is 1.34. The van der Waals surface area contributed by atoms with E-state index in [9.17, 15) is 0 Å². The number of fused-ring (bicyclic) bond motifs is 12. The molecule has 0 atom stereocenters. The van der Waals surface area contributed by atoms with Crippen molar-refractivity contribution in [1.29, 1.82) is 0 Å². The molecule has 0 saturated carbocycles. The molecule has 0 N–H and O–H groups in total. The van der Waals surface area contributed by atoms with Gasteiger partial charge in [0, 0.05) is 71.9 Å². The summed E-state index contributed by atoms with van der Waals surface area (Å²) in [5, 5.41) is 5.28. The molecule has 4 heteroatoms. The van der Waals surface area contributed by atoms with E-state index >= 15 is 0 Å². The summed E-state index contributed by atoms with van der Waals surface area (Å²) in [6, 6.07) is 50.7. The first kappa shape index (κ1) is 45.9. The molecular weight excluding hydrogens is 858 g/mol. The number of anilines is 2. The van der Waals surface area contributed by atoms with Crippen molar-refractivity contribution in [2.24, 2.45) is 0 Å². The van der Waals surface area contributed by atoms with Crippen molar-refractivity contribution in [1.82, 2.24) is 9.05 Å². The van der Waals surface area contributed by atoms with E-state index in [4.69, 9.17) is 0 Å². The SMILES string of the molecule is CC(C)(C)c1ccc(N2C3=C(B4c5c(cc(C(C)(C)C)cc52)-c2c5c(cc6c7cc(C(C)(C)C)ccc7n(-c7ccccc7)c26)c2cc(C(C)(C)C)ccc2n54)C(C)(C)c2ccc(C(C)(C)C)cc23)cc1. The molecule has 4 heterocycles. The first-order valence-electron chi connectivity index (χ1n) is 26.3. The Morgan fingerprint density at radius 3 is 1.52 bits per heavy atom. The summed E-state index contributed by atoms with van der Waals surface area (Å²) in [7, 11) is 0. The fourth-order valence-electron chi connectivity index (χ4n) is 12.7. The van der Waals surface area contributed by atoms with Gasteiger partial charge in [-0.2, -0.15) is 0 Å². The molecule has 0 unspecified atom stereocenters. The van der Waals surface area contributed by atoms with Crippen LogP contribution >= 0.6 is 0 Å². The predicted octanol–water partition coefficient (Wildman–Crippen LogP) is 17.5. The van der Waals surface area contributed by atoms with Gasteiger partial charge in [-0.25, -0.2) is 0 Å². The van der Waals surface area contributed by atoms with E-state index < -0.39 is 0 Å². The fourth-order valence-corrected chi connectivity index (χ4v) is 12.7. The largest absolute Gasteiger partial charge is 0.375 e. The third-order valence-corrected chi connectivity index (χ3v) is 16.9. The Kier molecular flexibility index (Phi) is 9.34. The summed E-state index contributed by atoms with van der Waals surface area (Å²) in [5.74, 6) is 0. The Morgan fingerprint density at radius 2 is 0.930 bits per heavy atom. The lowest BCUT2D eigenvalue weighted by Gasteiger charge is -2.44. The molecule has 0 fully saturated rings. The number of aromatic nitrogens is 2. The summed E-state index contributed by atoms with van der Waals surface area (Å²) in [5.41, 5.74) is 24.7. The van der Waals surface area contributed by atoms with Gasteiger partial charge in [0.25, 0.3) is 0 Å². The van der Waals surface area contributed by atoms with Gasteiger partial charge in [0.05, 0.1) is 11.0 Å². The lowest BCUT2D eigenvalue weighted by Crippen LogP contribution is -2.52. The maximum Gasteiger partial charge on any atom is 0.329 e. The van der Waals surface area contributed by atoms with Gasteiger partial charge in [-0.3, -0.25) is 0 Å². The van der Waals surface area contributed by atoms with Crippen molar-refractivity contribution < 1.29 is 0 Å². The van der Waals surface area contributed by atoms with Gasteiger partial charge in [-0.15, -0.1) is 0 Å². The summed E-state index contributed by atoms with van der Waals surface area (Å²) in [6.45, 7) is 40.3. The van der Waals surface area contributed by atoms with Gasteiger partial charge < -0.3 is 13.9 Å². The second kappa shape index (κ2) is 14.5. The quantitative estimate of drug-likeness (QED) is 0.157. The smallest absolute Gasteiger partial charge is 0.329 e. The number of nitrogens with zero attached hydrogens (tertiary/aromatic N) is 3. The van der Waals surface area contributed by atoms with Crippen LogP contribution in [0.1, 0.15) is 157 Å². The average Bonchev–Trinajstić information content (AvgIpc) is 3.88. The van der Waals surface area contributed by atoms with Gasteiger partial charge >= 0.3 is 6.85 Å². The lowest BCUT2D eigenvalue weighted by molar-refractivity contribution is 0.588. The minimum Gasteiger partial charge on any atom is -0.375 e. The van der Waals surface area contributed by atoms with Crippen LogP contribution in [0.3, 0.4) is 0 Å². The number of hydrogen-bond acceptors (Lipinski definition) is 1. The monoisotopic (exact) mass is 930 g/mol. The van der Waals surface area contributed by atoms with Crippen LogP contribution in [0.25, 0.3) is 66.1 Å². The van der Waals surface area contributed by atoms with Crippen LogP contribution in [0.5, 0.6) is 0 Å². The van der Waals surface area contributed by atoms with Gasteiger partial charge in [0.1, 0.15) is 0 Å². The Hall–Kier alpha value is -6.26. The van der Waals surface area contributed by atoms with Gasteiger partial charge in [0.15, 0.2) is 0 Å². The van der Waals surface area contributed by atoms with E-state index in [1.165, 1.54) is 127 Å². The lowest BCUT2D eigenvalue weighted by atomic mass is 9.40. The van der Waals surface area contributed by atoms with E-state index in [2.05, 4.69) is 259 Å². The molecule has 0 spiro atoms. The molecule has 71 heavy (non-hydrogen) atoms. The average molecular weight is 930 g/mol. The number of allylic oxidation sites excluding steroid dienone is 1. The van der Waals surface area contributed by atoms with Crippen LogP contribution in [-0.2, 0) is 32.5 Å². The number of para-hydroxylation sites is 1. The standard InChI is InChI=1S/C67H72BN3/c1-62(2,3)39-23-28-45(29-24-39)70-55-37-43(66(13,14)15)36-51-56-58-48(46-33-41(64(7,8)9)26-31-53(46)69(58)44-21-19-18-20-22-44)38-49-47-34-42(65(10,11)12)27-32-54(47)71(59(49)56)68(57(51)55)61-60(70)50-35-40(63(4,5)6)25-30-52(50)67(61,16)17/h18-38H,1-17H3. The first-order valence-corrected chi connectivity index (χ1v) is 26.3. The van der Waals surface area contributed by atoms with E-state index in [-0.39, 0.29) is 39.3 Å². The van der Waals surface area contributed by atoms with Crippen LogP contribution in [0.2, 0.25) is 0 Å². The zero-order valence-electron chi connectivity index (χ0n) is 45.5. The number of rotatable bonds is 2. The molecular formula is C67H72BN3. The van der Waals surface area contributed by atoms with E-state index in [0.29, 0.717) is 0 Å². The van der Waals surface area contributed by atoms with Crippen molar-refractivity contribution in [2.45, 2.75) is 150 Å². The predicted molar refractivity (Wildman–Crippen MR) is 308 cm³/mol. The second-order valence-electron chi connectivity index (χ2n) is 27.2. The topological polar surface area (TPSA) is 13.1 Å². The van der Waals surface area contributed by atoms with Gasteiger partial charge in [-0.1, -0.05) is 178 Å². The summed E-state index contributed by atoms with van der Waals surface area (Å²) in [4.78, 5) is 2.71. The highest BCUT2D eigenvalue weighted by molar-refractivity contribution is 6.86. The van der Waals surface area contributed by atoms with Crippen LogP contribution in [0.4, 0.5) is 11.4 Å². The molecule has 3 aliphatic rings. The van der Waals surface area contributed by atoms with Crippen LogP contribution in [0, 0.1) is 0 Å². The number of hydrogen-bond donors (Lipinski definition) is 0. The fraction of sp³-hybridized carbons (Fsp3) is 0.343. The highest BCUT2D eigenvalue weighted by Crippen LogP contribution is 2.59. The van der Waals surface area contributed by atoms with Gasteiger partial charge in [0.2, 0.25) is 0 Å². The van der Waals surface area contributed by atoms with E-state index in [0.717, 1.165) is 0 Å². The molecule has 7 aromatic carbocycles. The summed E-state index contributed by atoms with van der Waals surface area (Å²) < 4.78 is 5.43. The van der Waals surface area contributed by atoms with Crippen molar-refractivity contribution in [3.05, 3.63) is 172 Å². The Morgan fingerprint density at radius 1 is 0.423 bits per heavy atom. The third kappa shape index (κ3) is 6.54. The molecule has 0 bridgehead atoms. The molecule has 358 valence electrons. The number of benzene rings is 7. The van der Waals surface area contributed by atoms with Gasteiger partial charge in [-0.05, 0) is 144 Å². The maximum absolute atomic E-state index is 2.83. The van der Waals surface area contributed by atoms with Crippen molar-refractivity contribution in [2.75, 3.05) is 4.90 Å². The van der Waals surface area contributed by atoms with Crippen LogP contribution in [0.15, 0.2) is 133 Å². The Labute approximate surface area is 423 Å².